The molecule has 1 aliphatic rings. The quantitative estimate of drug-likeness (QED) is 0.332. The number of halogens is 9. The van der Waals surface area contributed by atoms with Gasteiger partial charge in [-0.05, 0) is 38.1 Å². The zero-order chi connectivity index (χ0) is 23.4. The van der Waals surface area contributed by atoms with Gasteiger partial charge in [0.1, 0.15) is 11.4 Å². The zero-order valence-electron chi connectivity index (χ0n) is 16.1. The predicted octanol–water partition coefficient (Wildman–Crippen LogP) is 6.43. The summed E-state index contributed by atoms with van der Waals surface area (Å²) in [7, 11) is 0. The van der Waals surface area contributed by atoms with E-state index in [4.69, 9.17) is 23.2 Å². The lowest BCUT2D eigenvalue weighted by Crippen LogP contribution is -2.28. The number of alkyl halides is 3. The van der Waals surface area contributed by atoms with Crippen LogP contribution in [0.5, 0.6) is 0 Å². The van der Waals surface area contributed by atoms with Crippen molar-refractivity contribution in [2.24, 2.45) is 0 Å². The van der Waals surface area contributed by atoms with E-state index < -0.39 is 47.1 Å². The molecular weight excluding hydrogens is 486 g/mol. The van der Waals surface area contributed by atoms with Crippen LogP contribution in [0.3, 0.4) is 0 Å². The maximum absolute atomic E-state index is 14.6. The molecule has 3 nitrogen and oxygen atoms in total. The second-order valence-electron chi connectivity index (χ2n) is 7.44. The van der Waals surface area contributed by atoms with Crippen LogP contribution in [0.1, 0.15) is 35.7 Å². The summed E-state index contributed by atoms with van der Waals surface area (Å²) in [6.45, 7) is 0.487. The lowest BCUT2D eigenvalue weighted by atomic mass is 9.97. The second kappa shape index (κ2) is 8.39. The molecule has 4 rings (SSSR count). The highest BCUT2D eigenvalue weighted by molar-refractivity contribution is 6.42. The molecule has 0 atom stereocenters. The van der Waals surface area contributed by atoms with E-state index in [1.165, 1.54) is 16.7 Å². The van der Waals surface area contributed by atoms with Gasteiger partial charge in [-0.2, -0.15) is 13.2 Å². The van der Waals surface area contributed by atoms with Crippen molar-refractivity contribution in [3.63, 3.8) is 0 Å². The molecule has 0 amide bonds. The van der Waals surface area contributed by atoms with Gasteiger partial charge in [0.2, 0.25) is 0 Å². The highest BCUT2D eigenvalue weighted by Crippen LogP contribution is 2.38. The van der Waals surface area contributed by atoms with Crippen LogP contribution in [0.25, 0.3) is 11.0 Å². The number of hydrogen-bond acceptors (Lipinski definition) is 2. The fourth-order valence-corrected chi connectivity index (χ4v) is 4.24. The molecule has 0 radical (unpaired) electrons. The number of nitrogens with one attached hydrogen (secondary N) is 1. The number of piperidine rings is 1. The molecule has 0 aliphatic carbocycles. The summed E-state index contributed by atoms with van der Waals surface area (Å²) in [4.78, 5) is 4.48. The van der Waals surface area contributed by atoms with Crippen LogP contribution in [-0.4, -0.2) is 22.6 Å². The van der Waals surface area contributed by atoms with Crippen molar-refractivity contribution >= 4 is 34.2 Å². The summed E-state index contributed by atoms with van der Waals surface area (Å²) in [6.07, 6.45) is -4.38. The predicted molar refractivity (Wildman–Crippen MR) is 105 cm³/mol. The van der Waals surface area contributed by atoms with Crippen LogP contribution in [0, 0.1) is 23.3 Å². The Hall–Kier alpha value is -2.04. The van der Waals surface area contributed by atoms with Gasteiger partial charge >= 0.3 is 6.18 Å². The van der Waals surface area contributed by atoms with Crippen molar-refractivity contribution in [2.75, 3.05) is 13.1 Å². The highest BCUT2D eigenvalue weighted by Gasteiger charge is 2.42. The molecule has 0 unspecified atom stereocenters. The summed E-state index contributed by atoms with van der Waals surface area (Å²) in [5, 5.41) is 3.43. The Morgan fingerprint density at radius 1 is 0.938 bits per heavy atom. The molecular formula is C20H14Cl2F7N3. The molecule has 3 aromatic rings. The maximum atomic E-state index is 14.6. The molecule has 172 valence electrons. The Kier molecular flexibility index (Phi) is 6.06. The average Bonchev–Trinajstić information content (AvgIpc) is 3.07. The molecule has 0 saturated carbocycles. The lowest BCUT2D eigenvalue weighted by Gasteiger charge is -2.23. The van der Waals surface area contributed by atoms with Gasteiger partial charge < -0.3 is 9.88 Å². The lowest BCUT2D eigenvalue weighted by molar-refractivity contribution is -0.143. The van der Waals surface area contributed by atoms with E-state index in [-0.39, 0.29) is 21.5 Å². The van der Waals surface area contributed by atoms with Crippen LogP contribution in [-0.2, 0) is 12.7 Å². The van der Waals surface area contributed by atoms with E-state index >= 15 is 0 Å². The number of aromatic nitrogens is 2. The Morgan fingerprint density at radius 3 is 2.06 bits per heavy atom. The van der Waals surface area contributed by atoms with Gasteiger partial charge in [0, 0.05) is 11.5 Å². The van der Waals surface area contributed by atoms with E-state index in [2.05, 4.69) is 10.3 Å². The normalized spacial score (nSPS) is 15.7. The van der Waals surface area contributed by atoms with Gasteiger partial charge in [0.05, 0.1) is 27.6 Å². The first kappa shape index (κ1) is 23.1. The molecule has 1 aliphatic heterocycles. The minimum Gasteiger partial charge on any atom is -0.323 e. The molecule has 2 heterocycles. The van der Waals surface area contributed by atoms with Gasteiger partial charge in [-0.3, -0.25) is 0 Å². The molecule has 2 aromatic carbocycles. The van der Waals surface area contributed by atoms with E-state index in [1.807, 2.05) is 0 Å². The molecule has 1 fully saturated rings. The SMILES string of the molecule is Fc1c(F)c(C(F)(F)F)c(F)c(F)c1Cn1c(C2CCNCC2)nc2cc(Cl)c(Cl)cc21. The zero-order valence-corrected chi connectivity index (χ0v) is 17.6. The topological polar surface area (TPSA) is 29.9 Å². The minimum atomic E-state index is -5.61. The Bertz CT molecular complexity index is 1170. The van der Waals surface area contributed by atoms with Gasteiger partial charge in [-0.15, -0.1) is 0 Å². The standard InChI is InChI=1S/C20H14Cl2F7N3/c21-10-5-12-13(6-11(10)22)32(19(31-12)8-1-3-30-4-2-8)7-9-15(23)17(25)14(20(27,28)29)18(26)16(9)24/h5-6,8,30H,1-4,7H2. The minimum absolute atomic E-state index is 0.0999. The first-order chi connectivity index (χ1) is 15.0. The molecule has 1 saturated heterocycles. The Morgan fingerprint density at radius 2 is 1.50 bits per heavy atom. The van der Waals surface area contributed by atoms with Gasteiger partial charge in [-0.25, -0.2) is 22.5 Å². The maximum Gasteiger partial charge on any atom is 0.422 e. The fourth-order valence-electron chi connectivity index (χ4n) is 3.92. The van der Waals surface area contributed by atoms with Crippen LogP contribution in [0.4, 0.5) is 30.7 Å². The molecule has 12 heteroatoms. The smallest absolute Gasteiger partial charge is 0.323 e. The van der Waals surface area contributed by atoms with E-state index in [0.717, 1.165) is 0 Å². The van der Waals surface area contributed by atoms with Crippen molar-refractivity contribution in [2.45, 2.75) is 31.5 Å². The number of hydrogen-bond donors (Lipinski definition) is 1. The third-order valence-corrected chi connectivity index (χ3v) is 6.20. The average molecular weight is 500 g/mol. The fraction of sp³-hybridized carbons (Fsp3) is 0.350. The summed E-state index contributed by atoms with van der Waals surface area (Å²) in [6, 6.07) is 2.81. The van der Waals surface area contributed by atoms with Crippen molar-refractivity contribution in [3.05, 3.63) is 62.4 Å². The third kappa shape index (κ3) is 3.92. The number of nitrogens with zero attached hydrogens (tertiary/aromatic N) is 2. The first-order valence-corrected chi connectivity index (χ1v) is 10.2. The molecule has 1 aromatic heterocycles. The second-order valence-corrected chi connectivity index (χ2v) is 8.26. The summed E-state index contributed by atoms with van der Waals surface area (Å²) >= 11 is 12.1. The van der Waals surface area contributed by atoms with Crippen molar-refractivity contribution in [1.82, 2.24) is 14.9 Å². The van der Waals surface area contributed by atoms with Gasteiger partial charge in [0.15, 0.2) is 23.3 Å². The van der Waals surface area contributed by atoms with Gasteiger partial charge in [0.25, 0.3) is 0 Å². The molecule has 0 spiro atoms. The number of imidazole rings is 1. The molecule has 0 bridgehead atoms. The Balaban J connectivity index is 1.92. The number of fused-ring (bicyclic) bond motifs is 1. The molecule has 1 N–H and O–H groups in total. The summed E-state index contributed by atoms with van der Waals surface area (Å²) in [5.41, 5.74) is -3.21. The van der Waals surface area contributed by atoms with Crippen LogP contribution in [0.15, 0.2) is 12.1 Å². The Labute approximate surface area is 187 Å². The van der Waals surface area contributed by atoms with Gasteiger partial charge in [-0.1, -0.05) is 23.2 Å². The monoisotopic (exact) mass is 499 g/mol. The van der Waals surface area contributed by atoms with E-state index in [9.17, 15) is 30.7 Å². The summed E-state index contributed by atoms with van der Waals surface area (Å²) < 4.78 is 97.5. The molecule has 32 heavy (non-hydrogen) atoms. The van der Waals surface area contributed by atoms with Crippen molar-refractivity contribution in [1.29, 1.82) is 0 Å². The van der Waals surface area contributed by atoms with Crippen LogP contribution < -0.4 is 5.32 Å². The van der Waals surface area contributed by atoms with E-state index in [1.54, 1.807) is 0 Å². The van der Waals surface area contributed by atoms with Crippen molar-refractivity contribution < 1.29 is 30.7 Å². The third-order valence-electron chi connectivity index (χ3n) is 5.48. The van der Waals surface area contributed by atoms with Crippen molar-refractivity contribution in [3.8, 4) is 0 Å². The number of rotatable bonds is 3. The van der Waals surface area contributed by atoms with Crippen LogP contribution in [0.2, 0.25) is 10.0 Å². The van der Waals surface area contributed by atoms with E-state index in [0.29, 0.717) is 37.3 Å². The first-order valence-electron chi connectivity index (χ1n) is 9.48. The van der Waals surface area contributed by atoms with Crippen LogP contribution >= 0.6 is 23.2 Å². The largest absolute Gasteiger partial charge is 0.422 e. The highest BCUT2D eigenvalue weighted by atomic mass is 35.5. The summed E-state index contributed by atoms with van der Waals surface area (Å²) in [5.74, 6) is -9.04. The number of benzene rings is 2.